The van der Waals surface area contributed by atoms with E-state index in [4.69, 9.17) is 4.74 Å². The summed E-state index contributed by atoms with van der Waals surface area (Å²) in [6, 6.07) is 15.1. The summed E-state index contributed by atoms with van der Waals surface area (Å²) in [6.45, 7) is 0.735. The van der Waals surface area contributed by atoms with Crippen LogP contribution in [0.2, 0.25) is 0 Å². The third kappa shape index (κ3) is 8.45. The number of ether oxygens (including phenoxy) is 1. The second kappa shape index (κ2) is 13.4. The Labute approximate surface area is 268 Å². The Kier molecular flexibility index (Phi) is 9.96. The highest BCUT2D eigenvalue weighted by Gasteiger charge is 2.35. The Morgan fingerprint density at radius 2 is 1.30 bits per heavy atom. The molecule has 0 saturated heterocycles. The quantitative estimate of drug-likeness (QED) is 0.189. The van der Waals surface area contributed by atoms with Crippen LogP contribution in [-0.2, 0) is 46.7 Å². The molecule has 2 amide bonds. The number of hydrogen-bond acceptors (Lipinski definition) is 8. The first kappa shape index (κ1) is 34.9. The van der Waals surface area contributed by atoms with Crippen molar-refractivity contribution < 1.29 is 49.1 Å². The van der Waals surface area contributed by atoms with E-state index in [1.807, 2.05) is 0 Å². The third-order valence-corrected chi connectivity index (χ3v) is 9.15. The Morgan fingerprint density at radius 3 is 1.81 bits per heavy atom. The minimum Gasteiger partial charge on any atom is -0.457 e. The molecule has 0 bridgehead atoms. The Hall–Kier alpha value is -4.96. The second-order valence-electron chi connectivity index (χ2n) is 10.4. The zero-order valence-electron chi connectivity index (χ0n) is 25.1. The van der Waals surface area contributed by atoms with E-state index in [9.17, 15) is 44.4 Å². The number of carbonyl (C=O) groups excluding carboxylic acids is 3. The van der Waals surface area contributed by atoms with Gasteiger partial charge in [-0.05, 0) is 67.1 Å². The van der Waals surface area contributed by atoms with Crippen molar-refractivity contribution in [2.75, 3.05) is 29.8 Å². The Bertz CT molecular complexity index is 2060. The van der Waals surface area contributed by atoms with Crippen LogP contribution < -0.4 is 10.6 Å². The average Bonchev–Trinajstić information content (AvgIpc) is 3.31. The molecule has 0 aliphatic rings. The molecule has 0 atom stereocenters. The van der Waals surface area contributed by atoms with Gasteiger partial charge < -0.3 is 19.9 Å². The maximum atomic E-state index is 14.0. The molecule has 4 rings (SSSR count). The summed E-state index contributed by atoms with van der Waals surface area (Å²) < 4.78 is 95.1. The maximum absolute atomic E-state index is 14.0. The Balaban J connectivity index is 1.57. The minimum atomic E-state index is -4.74. The summed E-state index contributed by atoms with van der Waals surface area (Å²) in [4.78, 5) is 38.0. The molecule has 11 nitrogen and oxygen atoms in total. The van der Waals surface area contributed by atoms with Crippen LogP contribution in [0.15, 0.2) is 88.8 Å². The number of rotatable bonds is 9. The molecule has 3 aromatic carbocycles. The molecule has 0 radical (unpaired) electrons. The number of benzene rings is 3. The fourth-order valence-corrected chi connectivity index (χ4v) is 5.87. The van der Waals surface area contributed by atoms with Gasteiger partial charge in [-0.15, -0.1) is 0 Å². The molecule has 1 heterocycles. The first-order valence-corrected chi connectivity index (χ1v) is 17.4. The fourth-order valence-electron chi connectivity index (χ4n) is 4.61. The van der Waals surface area contributed by atoms with Crippen LogP contribution in [-0.4, -0.2) is 58.3 Å². The van der Waals surface area contributed by atoms with Gasteiger partial charge in [0.1, 0.15) is 6.61 Å². The van der Waals surface area contributed by atoms with E-state index in [1.54, 1.807) is 0 Å². The molecule has 0 aliphatic carbocycles. The molecular formula is C31H28F3N3O8S2. The summed E-state index contributed by atoms with van der Waals surface area (Å²) in [6.07, 6.45) is -1.42. The van der Waals surface area contributed by atoms with Gasteiger partial charge >= 0.3 is 18.1 Å². The first-order valence-electron chi connectivity index (χ1n) is 13.6. The zero-order chi connectivity index (χ0) is 34.7. The molecule has 0 spiro atoms. The predicted octanol–water partition coefficient (Wildman–Crippen LogP) is 4.72. The number of alkyl halides is 3. The van der Waals surface area contributed by atoms with Gasteiger partial charge in [0.15, 0.2) is 19.7 Å². The van der Waals surface area contributed by atoms with Crippen molar-refractivity contribution in [2.45, 2.75) is 29.4 Å². The van der Waals surface area contributed by atoms with Crippen molar-refractivity contribution in [2.24, 2.45) is 0 Å². The van der Waals surface area contributed by atoms with E-state index in [0.29, 0.717) is 0 Å². The molecule has 0 aliphatic heterocycles. The van der Waals surface area contributed by atoms with Crippen molar-refractivity contribution in [1.82, 2.24) is 4.57 Å². The number of esters is 1. The number of hydrogen-bond donors (Lipinski definition) is 2. The summed E-state index contributed by atoms with van der Waals surface area (Å²) in [7, 11) is -6.97. The molecule has 0 unspecified atom stereocenters. The fraction of sp³-hybridized carbons (Fsp3) is 0.194. The molecule has 0 fully saturated rings. The number of anilines is 2. The number of aromatic nitrogens is 1. The molecule has 4 aromatic rings. The van der Waals surface area contributed by atoms with Crippen molar-refractivity contribution in [3.8, 4) is 11.3 Å². The highest BCUT2D eigenvalue weighted by Crippen LogP contribution is 2.39. The summed E-state index contributed by atoms with van der Waals surface area (Å²) >= 11 is 0. The summed E-state index contributed by atoms with van der Waals surface area (Å²) in [5.41, 5.74) is -0.674. The monoisotopic (exact) mass is 691 g/mol. The average molecular weight is 692 g/mol. The zero-order valence-corrected chi connectivity index (χ0v) is 26.7. The normalized spacial score (nSPS) is 12.0. The van der Waals surface area contributed by atoms with E-state index in [1.165, 1.54) is 84.4 Å². The largest absolute Gasteiger partial charge is 0.457 e. The van der Waals surface area contributed by atoms with E-state index in [2.05, 4.69) is 10.6 Å². The van der Waals surface area contributed by atoms with Crippen molar-refractivity contribution in [3.63, 3.8) is 0 Å². The smallest absolute Gasteiger partial charge is 0.417 e. The highest BCUT2D eigenvalue weighted by atomic mass is 32.2. The molecule has 47 heavy (non-hydrogen) atoms. The minimum absolute atomic E-state index is 0.000829. The van der Waals surface area contributed by atoms with Crippen molar-refractivity contribution in [1.29, 1.82) is 0 Å². The van der Waals surface area contributed by atoms with Crippen LogP contribution >= 0.6 is 0 Å². The first-order chi connectivity index (χ1) is 21.9. The number of sulfone groups is 2. The van der Waals surface area contributed by atoms with Crippen molar-refractivity contribution >= 4 is 48.8 Å². The van der Waals surface area contributed by atoms with Crippen LogP contribution in [0.1, 0.15) is 21.5 Å². The SMILES string of the molecule is Cc1c(C(=O)Nc2ccc(S(C)(=O)=O)cc2)cn(CCOC(=O)C(=O)Nc2ccc(S(C)(=O)=O)cc2)c1-c1ccccc1C(F)(F)F. The second-order valence-corrected chi connectivity index (χ2v) is 14.4. The topological polar surface area (TPSA) is 158 Å². The molecule has 2 N–H and O–H groups in total. The number of nitrogens with zero attached hydrogens (tertiary/aromatic N) is 1. The van der Waals surface area contributed by atoms with Gasteiger partial charge in [-0.1, -0.05) is 18.2 Å². The molecule has 0 saturated carbocycles. The van der Waals surface area contributed by atoms with E-state index in [-0.39, 0.29) is 50.1 Å². The van der Waals surface area contributed by atoms with Gasteiger partial charge in [0.2, 0.25) is 0 Å². The highest BCUT2D eigenvalue weighted by molar-refractivity contribution is 7.91. The lowest BCUT2D eigenvalue weighted by molar-refractivity contribution is -0.152. The summed E-state index contributed by atoms with van der Waals surface area (Å²) in [5, 5.41) is 4.86. The molecular weight excluding hydrogens is 663 g/mol. The van der Waals surface area contributed by atoms with Crippen LogP contribution in [0, 0.1) is 6.92 Å². The van der Waals surface area contributed by atoms with Crippen LogP contribution in [0.4, 0.5) is 24.5 Å². The van der Waals surface area contributed by atoms with Crippen LogP contribution in [0.25, 0.3) is 11.3 Å². The molecule has 248 valence electrons. The number of carbonyl (C=O) groups is 3. The van der Waals surface area contributed by atoms with Gasteiger partial charge in [-0.3, -0.25) is 9.59 Å². The lowest BCUT2D eigenvalue weighted by Gasteiger charge is -2.16. The summed E-state index contributed by atoms with van der Waals surface area (Å²) in [5.74, 6) is -3.18. The molecule has 1 aromatic heterocycles. The van der Waals surface area contributed by atoms with Gasteiger partial charge in [0, 0.05) is 35.6 Å². The number of nitrogens with one attached hydrogen (secondary N) is 2. The van der Waals surface area contributed by atoms with E-state index >= 15 is 0 Å². The van der Waals surface area contributed by atoms with Gasteiger partial charge in [0.05, 0.1) is 33.2 Å². The standard InChI is InChI=1S/C31H28F3N3O8S2/c1-19-25(28(38)35-20-8-12-22(13-9-20)46(2,41)42)18-37(27(19)24-6-4-5-7-26(24)31(32,33)34)16-17-45-30(40)29(39)36-21-10-14-23(15-11-21)47(3,43)44/h4-15,18H,16-17H2,1-3H3,(H,35,38)(H,36,39). The van der Waals surface area contributed by atoms with Crippen molar-refractivity contribution in [3.05, 3.63) is 95.7 Å². The molecule has 16 heteroatoms. The van der Waals surface area contributed by atoms with Gasteiger partial charge in [-0.25, -0.2) is 21.6 Å². The Morgan fingerprint density at radius 1 is 0.787 bits per heavy atom. The van der Waals surface area contributed by atoms with E-state index in [0.717, 1.165) is 18.6 Å². The number of amides is 2. The van der Waals surface area contributed by atoms with Gasteiger partial charge in [0.25, 0.3) is 5.91 Å². The van der Waals surface area contributed by atoms with Crippen LogP contribution in [0.5, 0.6) is 0 Å². The maximum Gasteiger partial charge on any atom is 0.417 e. The van der Waals surface area contributed by atoms with Crippen LogP contribution in [0.3, 0.4) is 0 Å². The number of halogens is 3. The lowest BCUT2D eigenvalue weighted by Crippen LogP contribution is -2.26. The predicted molar refractivity (Wildman–Crippen MR) is 166 cm³/mol. The lowest BCUT2D eigenvalue weighted by atomic mass is 10.00. The van der Waals surface area contributed by atoms with E-state index < -0.39 is 55.8 Å². The third-order valence-electron chi connectivity index (χ3n) is 6.89. The van der Waals surface area contributed by atoms with Gasteiger partial charge in [-0.2, -0.15) is 13.2 Å².